The fourth-order valence-corrected chi connectivity index (χ4v) is 3.56. The number of hydrogen-bond acceptors (Lipinski definition) is 2. The maximum atomic E-state index is 15.2. The van der Waals surface area contributed by atoms with Gasteiger partial charge in [-0.15, -0.1) is 0 Å². The van der Waals surface area contributed by atoms with Gasteiger partial charge in [0.1, 0.15) is 5.67 Å². The summed E-state index contributed by atoms with van der Waals surface area (Å²) >= 11 is 1.25. The summed E-state index contributed by atoms with van der Waals surface area (Å²) in [6.07, 6.45) is 5.64. The van der Waals surface area contributed by atoms with Crippen molar-refractivity contribution in [3.8, 4) is 11.1 Å². The van der Waals surface area contributed by atoms with Gasteiger partial charge in [0.15, 0.2) is 0 Å². The summed E-state index contributed by atoms with van der Waals surface area (Å²) in [5, 5.41) is 5.54. The van der Waals surface area contributed by atoms with E-state index in [0.717, 1.165) is 47.3 Å². The molecular weight excluding hydrogens is 293 g/mol. The maximum absolute atomic E-state index is 15.2. The van der Waals surface area contributed by atoms with Crippen LogP contribution >= 0.6 is 11.9 Å². The van der Waals surface area contributed by atoms with Crippen LogP contribution in [0.5, 0.6) is 0 Å². The minimum atomic E-state index is -1.13. The third-order valence-corrected chi connectivity index (χ3v) is 5.17. The largest absolute Gasteiger partial charge is 0.274 e. The van der Waals surface area contributed by atoms with E-state index >= 15 is 4.39 Å². The fraction of sp³-hybridized carbons (Fsp3) is 0.368. The molecule has 0 atom stereocenters. The van der Waals surface area contributed by atoms with E-state index in [9.17, 15) is 0 Å². The van der Waals surface area contributed by atoms with Crippen molar-refractivity contribution in [2.45, 2.75) is 49.1 Å². The molecule has 116 valence electrons. The maximum Gasteiger partial charge on any atom is 0.136 e. The lowest BCUT2D eigenvalue weighted by Crippen LogP contribution is -2.18. The molecule has 22 heavy (non-hydrogen) atoms. The van der Waals surface area contributed by atoms with E-state index < -0.39 is 5.67 Å². The zero-order chi connectivity index (χ0) is 15.4. The molecule has 1 nitrogen and oxygen atoms in total. The third-order valence-electron chi connectivity index (χ3n) is 4.62. The highest BCUT2D eigenvalue weighted by atomic mass is 32.2. The van der Waals surface area contributed by atoms with Crippen molar-refractivity contribution in [3.63, 3.8) is 0 Å². The average Bonchev–Trinajstić information content (AvgIpc) is 2.81. The molecule has 0 unspecified atom stereocenters. The molecule has 1 aliphatic rings. The second-order valence-electron chi connectivity index (χ2n) is 6.10. The molecule has 0 aliphatic heterocycles. The molecular formula is C19H22FNS. The minimum Gasteiger partial charge on any atom is -0.274 e. The lowest BCUT2D eigenvalue weighted by atomic mass is 9.87. The standard InChI is InChI=1S/C19H22FNS/c20-19(13-3-1-2-4-14-19)17-9-5-15(6-10-17)16-7-11-18(22-21)12-8-16/h5-12H,1-4,13-14,21H2. The Morgan fingerprint density at radius 2 is 1.27 bits per heavy atom. The summed E-state index contributed by atoms with van der Waals surface area (Å²) < 4.78 is 15.2. The van der Waals surface area contributed by atoms with E-state index in [4.69, 9.17) is 5.14 Å². The minimum absolute atomic E-state index is 0.661. The van der Waals surface area contributed by atoms with Crippen LogP contribution in [0.25, 0.3) is 11.1 Å². The quantitative estimate of drug-likeness (QED) is 0.569. The van der Waals surface area contributed by atoms with Crippen molar-refractivity contribution >= 4 is 11.9 Å². The summed E-state index contributed by atoms with van der Waals surface area (Å²) in [5.74, 6) is 0. The highest BCUT2D eigenvalue weighted by Crippen LogP contribution is 2.40. The fourth-order valence-electron chi connectivity index (χ4n) is 3.26. The summed E-state index contributed by atoms with van der Waals surface area (Å²) in [6, 6.07) is 16.1. The Morgan fingerprint density at radius 3 is 1.77 bits per heavy atom. The molecule has 1 fully saturated rings. The lowest BCUT2D eigenvalue weighted by molar-refractivity contribution is 0.140. The Labute approximate surface area is 136 Å². The van der Waals surface area contributed by atoms with Crippen LogP contribution in [0.1, 0.15) is 44.1 Å². The van der Waals surface area contributed by atoms with Crippen molar-refractivity contribution in [3.05, 3.63) is 54.1 Å². The number of alkyl halides is 1. The Kier molecular flexibility index (Phi) is 4.84. The Balaban J connectivity index is 1.82. The SMILES string of the molecule is NSc1ccc(-c2ccc(C3(F)CCCCCC3)cc2)cc1. The Hall–Kier alpha value is -1.32. The van der Waals surface area contributed by atoms with Gasteiger partial charge >= 0.3 is 0 Å². The molecule has 2 N–H and O–H groups in total. The predicted molar refractivity (Wildman–Crippen MR) is 92.4 cm³/mol. The summed E-state index contributed by atoms with van der Waals surface area (Å²) in [4.78, 5) is 1.04. The van der Waals surface area contributed by atoms with Crippen molar-refractivity contribution < 1.29 is 4.39 Å². The van der Waals surface area contributed by atoms with Gasteiger partial charge in [-0.1, -0.05) is 49.2 Å². The highest BCUT2D eigenvalue weighted by molar-refractivity contribution is 7.97. The first kappa shape index (κ1) is 15.6. The molecule has 0 aromatic heterocycles. The van der Waals surface area contributed by atoms with Crippen LogP contribution in [0.15, 0.2) is 53.4 Å². The Bertz CT molecular complexity index is 598. The van der Waals surface area contributed by atoms with Crippen LogP contribution in [-0.4, -0.2) is 0 Å². The monoisotopic (exact) mass is 315 g/mol. The molecule has 0 spiro atoms. The molecule has 3 heteroatoms. The first-order valence-electron chi connectivity index (χ1n) is 7.98. The number of halogens is 1. The Morgan fingerprint density at radius 1 is 0.773 bits per heavy atom. The van der Waals surface area contributed by atoms with Gasteiger partial charge in [-0.05, 0) is 66.5 Å². The number of benzene rings is 2. The van der Waals surface area contributed by atoms with Crippen LogP contribution in [-0.2, 0) is 5.67 Å². The summed E-state index contributed by atoms with van der Waals surface area (Å²) in [5.41, 5.74) is 1.97. The predicted octanol–water partition coefficient (Wildman–Crippen LogP) is 5.84. The van der Waals surface area contributed by atoms with Gasteiger partial charge in [0, 0.05) is 4.90 Å². The molecule has 0 bridgehead atoms. The van der Waals surface area contributed by atoms with Gasteiger partial charge in [-0.2, -0.15) is 0 Å². The van der Waals surface area contributed by atoms with Crippen molar-refractivity contribution in [2.24, 2.45) is 5.14 Å². The zero-order valence-corrected chi connectivity index (χ0v) is 13.5. The lowest BCUT2D eigenvalue weighted by Gasteiger charge is -2.24. The van der Waals surface area contributed by atoms with Crippen molar-refractivity contribution in [1.82, 2.24) is 0 Å². The average molecular weight is 315 g/mol. The van der Waals surface area contributed by atoms with E-state index in [1.807, 2.05) is 36.4 Å². The summed E-state index contributed by atoms with van der Waals surface area (Å²) in [7, 11) is 0. The number of rotatable bonds is 3. The highest BCUT2D eigenvalue weighted by Gasteiger charge is 2.32. The molecule has 0 saturated heterocycles. The van der Waals surface area contributed by atoms with Crippen LogP contribution in [0, 0.1) is 0 Å². The van der Waals surface area contributed by atoms with E-state index in [1.54, 1.807) is 0 Å². The topological polar surface area (TPSA) is 26.0 Å². The van der Waals surface area contributed by atoms with Gasteiger partial charge in [0.25, 0.3) is 0 Å². The molecule has 3 rings (SSSR count). The van der Waals surface area contributed by atoms with Crippen LogP contribution < -0.4 is 5.14 Å². The smallest absolute Gasteiger partial charge is 0.136 e. The normalized spacial score (nSPS) is 17.9. The number of hydrogen-bond donors (Lipinski definition) is 1. The van der Waals surface area contributed by atoms with Crippen LogP contribution in [0.3, 0.4) is 0 Å². The van der Waals surface area contributed by atoms with Crippen molar-refractivity contribution in [2.75, 3.05) is 0 Å². The van der Waals surface area contributed by atoms with Gasteiger partial charge in [0.05, 0.1) is 0 Å². The van der Waals surface area contributed by atoms with E-state index in [0.29, 0.717) is 12.8 Å². The molecule has 1 aliphatic carbocycles. The molecule has 2 aromatic carbocycles. The molecule has 0 amide bonds. The summed E-state index contributed by atoms with van der Waals surface area (Å²) in [6.45, 7) is 0. The zero-order valence-electron chi connectivity index (χ0n) is 12.7. The molecule has 2 aromatic rings. The molecule has 1 saturated carbocycles. The van der Waals surface area contributed by atoms with E-state index in [2.05, 4.69) is 12.1 Å². The first-order valence-corrected chi connectivity index (χ1v) is 8.86. The van der Waals surface area contributed by atoms with Gasteiger partial charge in [-0.3, -0.25) is 5.14 Å². The second kappa shape index (κ2) is 6.84. The second-order valence-corrected chi connectivity index (χ2v) is 6.81. The van der Waals surface area contributed by atoms with Gasteiger partial charge in [-0.25, -0.2) is 4.39 Å². The van der Waals surface area contributed by atoms with Crippen molar-refractivity contribution in [1.29, 1.82) is 0 Å². The first-order chi connectivity index (χ1) is 10.7. The molecule has 0 heterocycles. The van der Waals surface area contributed by atoms with Gasteiger partial charge in [0.2, 0.25) is 0 Å². The van der Waals surface area contributed by atoms with Crippen LogP contribution in [0.2, 0.25) is 0 Å². The third kappa shape index (κ3) is 3.36. The number of nitrogens with two attached hydrogens (primary N) is 1. The van der Waals surface area contributed by atoms with E-state index in [-0.39, 0.29) is 0 Å². The van der Waals surface area contributed by atoms with Gasteiger partial charge < -0.3 is 0 Å². The van der Waals surface area contributed by atoms with Crippen LogP contribution in [0.4, 0.5) is 4.39 Å². The van der Waals surface area contributed by atoms with E-state index in [1.165, 1.54) is 11.9 Å². The molecule has 0 radical (unpaired) electrons.